The standard InChI is InChI=1S/C18H26ClN3O2/c1-13(18(24)21-15-6-4-3-5-7-15)22(2)12-17(23)20-16-10-8-14(19)9-11-16/h8-11,13,15H,3-7,12H2,1-2H3,(H,20,23)(H,21,24)/t13-/m1/s1. The minimum absolute atomic E-state index is 0.0105. The molecule has 2 amide bonds. The quantitative estimate of drug-likeness (QED) is 0.828. The molecule has 2 N–H and O–H groups in total. The van der Waals surface area contributed by atoms with Crippen LogP contribution in [0.5, 0.6) is 0 Å². The first-order chi connectivity index (χ1) is 11.5. The highest BCUT2D eigenvalue weighted by Gasteiger charge is 2.23. The van der Waals surface area contributed by atoms with Crippen LogP contribution in [0, 0.1) is 0 Å². The first kappa shape index (κ1) is 18.7. The zero-order chi connectivity index (χ0) is 17.5. The zero-order valence-corrected chi connectivity index (χ0v) is 15.1. The fraction of sp³-hybridized carbons (Fsp3) is 0.556. The number of rotatable bonds is 6. The van der Waals surface area contributed by atoms with E-state index in [1.54, 1.807) is 36.2 Å². The van der Waals surface area contributed by atoms with Gasteiger partial charge in [-0.3, -0.25) is 14.5 Å². The number of hydrogen-bond acceptors (Lipinski definition) is 3. The van der Waals surface area contributed by atoms with Crippen molar-refractivity contribution < 1.29 is 9.59 Å². The molecule has 0 saturated heterocycles. The van der Waals surface area contributed by atoms with E-state index in [-0.39, 0.29) is 30.4 Å². The van der Waals surface area contributed by atoms with E-state index in [1.165, 1.54) is 19.3 Å². The Balaban J connectivity index is 1.79. The average Bonchev–Trinajstić information content (AvgIpc) is 2.57. The van der Waals surface area contributed by atoms with Gasteiger partial charge in [0.05, 0.1) is 12.6 Å². The minimum atomic E-state index is -0.345. The number of amides is 2. The maximum Gasteiger partial charge on any atom is 0.238 e. The van der Waals surface area contributed by atoms with Gasteiger partial charge in [0.15, 0.2) is 0 Å². The van der Waals surface area contributed by atoms with Gasteiger partial charge >= 0.3 is 0 Å². The monoisotopic (exact) mass is 351 g/mol. The third-order valence-electron chi connectivity index (χ3n) is 4.51. The maximum absolute atomic E-state index is 12.3. The van der Waals surface area contributed by atoms with Crippen molar-refractivity contribution in [2.75, 3.05) is 18.9 Å². The van der Waals surface area contributed by atoms with Gasteiger partial charge in [-0.2, -0.15) is 0 Å². The van der Waals surface area contributed by atoms with Gasteiger partial charge in [0, 0.05) is 16.8 Å². The number of carbonyl (C=O) groups excluding carboxylic acids is 2. The lowest BCUT2D eigenvalue weighted by Gasteiger charge is -2.28. The lowest BCUT2D eigenvalue weighted by molar-refractivity contribution is -0.127. The summed E-state index contributed by atoms with van der Waals surface area (Å²) in [7, 11) is 1.78. The van der Waals surface area contributed by atoms with Crippen LogP contribution in [0.25, 0.3) is 0 Å². The molecule has 1 atom stereocenters. The van der Waals surface area contributed by atoms with Gasteiger partial charge in [-0.05, 0) is 51.1 Å². The summed E-state index contributed by atoms with van der Waals surface area (Å²) in [4.78, 5) is 26.2. The van der Waals surface area contributed by atoms with Crippen molar-refractivity contribution >= 4 is 29.1 Å². The van der Waals surface area contributed by atoms with E-state index in [0.717, 1.165) is 12.8 Å². The molecule has 1 aromatic carbocycles. The van der Waals surface area contributed by atoms with E-state index >= 15 is 0 Å². The Hall–Kier alpha value is -1.59. The van der Waals surface area contributed by atoms with Crippen LogP contribution in [-0.2, 0) is 9.59 Å². The van der Waals surface area contributed by atoms with Crippen molar-refractivity contribution in [3.05, 3.63) is 29.3 Å². The van der Waals surface area contributed by atoms with Crippen molar-refractivity contribution in [1.29, 1.82) is 0 Å². The Morgan fingerprint density at radius 1 is 1.21 bits per heavy atom. The van der Waals surface area contributed by atoms with Crippen LogP contribution in [0.15, 0.2) is 24.3 Å². The molecule has 6 heteroatoms. The topological polar surface area (TPSA) is 61.4 Å². The van der Waals surface area contributed by atoms with Crippen LogP contribution in [0.4, 0.5) is 5.69 Å². The van der Waals surface area contributed by atoms with E-state index in [0.29, 0.717) is 10.7 Å². The summed E-state index contributed by atoms with van der Waals surface area (Å²) in [5.41, 5.74) is 0.692. The van der Waals surface area contributed by atoms with E-state index in [9.17, 15) is 9.59 Å². The van der Waals surface area contributed by atoms with Crippen molar-refractivity contribution in [1.82, 2.24) is 10.2 Å². The van der Waals surface area contributed by atoms with Crippen molar-refractivity contribution in [3.63, 3.8) is 0 Å². The maximum atomic E-state index is 12.3. The van der Waals surface area contributed by atoms with Crippen molar-refractivity contribution in [2.45, 2.75) is 51.1 Å². The average molecular weight is 352 g/mol. The molecule has 0 aliphatic heterocycles. The highest BCUT2D eigenvalue weighted by molar-refractivity contribution is 6.30. The second kappa shape index (κ2) is 9.04. The number of carbonyl (C=O) groups is 2. The van der Waals surface area contributed by atoms with E-state index in [2.05, 4.69) is 10.6 Å². The summed E-state index contributed by atoms with van der Waals surface area (Å²) in [5, 5.41) is 6.53. The Morgan fingerprint density at radius 2 is 1.83 bits per heavy atom. The molecule has 0 radical (unpaired) electrons. The van der Waals surface area contributed by atoms with Gasteiger partial charge in [-0.15, -0.1) is 0 Å². The molecule has 0 aromatic heterocycles. The van der Waals surface area contributed by atoms with Crippen LogP contribution >= 0.6 is 11.6 Å². The number of benzene rings is 1. The predicted octanol–water partition coefficient (Wildman–Crippen LogP) is 3.05. The summed E-state index contributed by atoms with van der Waals surface area (Å²) in [6, 6.07) is 6.88. The van der Waals surface area contributed by atoms with Gasteiger partial charge in [-0.25, -0.2) is 0 Å². The van der Waals surface area contributed by atoms with Gasteiger partial charge in [0.2, 0.25) is 11.8 Å². The van der Waals surface area contributed by atoms with E-state index in [4.69, 9.17) is 11.6 Å². The zero-order valence-electron chi connectivity index (χ0n) is 14.3. The summed E-state index contributed by atoms with van der Waals surface area (Å²) in [6.07, 6.45) is 5.72. The highest BCUT2D eigenvalue weighted by atomic mass is 35.5. The van der Waals surface area contributed by atoms with Gasteiger partial charge in [-0.1, -0.05) is 30.9 Å². The van der Waals surface area contributed by atoms with Crippen molar-refractivity contribution in [2.24, 2.45) is 0 Å². The third-order valence-corrected chi connectivity index (χ3v) is 4.77. The molecule has 1 fully saturated rings. The third kappa shape index (κ3) is 5.80. The second-order valence-corrected chi connectivity index (χ2v) is 6.93. The van der Waals surface area contributed by atoms with Gasteiger partial charge in [0.1, 0.15) is 0 Å². The van der Waals surface area contributed by atoms with Crippen LogP contribution < -0.4 is 10.6 Å². The highest BCUT2D eigenvalue weighted by Crippen LogP contribution is 2.17. The number of nitrogens with zero attached hydrogens (tertiary/aromatic N) is 1. The Morgan fingerprint density at radius 3 is 2.46 bits per heavy atom. The molecule has 1 saturated carbocycles. The number of nitrogens with one attached hydrogen (secondary N) is 2. The molecule has 1 aliphatic carbocycles. The van der Waals surface area contributed by atoms with Gasteiger partial charge in [0.25, 0.3) is 0 Å². The Bertz CT molecular complexity index is 556. The smallest absolute Gasteiger partial charge is 0.238 e. The predicted molar refractivity (Wildman–Crippen MR) is 97.2 cm³/mol. The van der Waals surface area contributed by atoms with Crippen LogP contribution in [0.2, 0.25) is 5.02 Å². The largest absolute Gasteiger partial charge is 0.352 e. The second-order valence-electron chi connectivity index (χ2n) is 6.49. The summed E-state index contributed by atoms with van der Waals surface area (Å²) >= 11 is 5.82. The molecular weight excluding hydrogens is 326 g/mol. The number of anilines is 1. The van der Waals surface area contributed by atoms with E-state index in [1.807, 2.05) is 6.92 Å². The normalized spacial score (nSPS) is 16.7. The number of halogens is 1. The lowest BCUT2D eigenvalue weighted by Crippen LogP contribution is -2.49. The minimum Gasteiger partial charge on any atom is -0.352 e. The fourth-order valence-electron chi connectivity index (χ4n) is 2.87. The molecule has 0 unspecified atom stereocenters. The first-order valence-corrected chi connectivity index (χ1v) is 8.89. The molecular formula is C18H26ClN3O2. The van der Waals surface area contributed by atoms with Crippen LogP contribution in [0.3, 0.4) is 0 Å². The van der Waals surface area contributed by atoms with Crippen LogP contribution in [-0.4, -0.2) is 42.4 Å². The molecule has 24 heavy (non-hydrogen) atoms. The summed E-state index contributed by atoms with van der Waals surface area (Å²) < 4.78 is 0. The molecule has 1 aromatic rings. The lowest BCUT2D eigenvalue weighted by atomic mass is 9.95. The molecule has 132 valence electrons. The van der Waals surface area contributed by atoms with Gasteiger partial charge < -0.3 is 10.6 Å². The van der Waals surface area contributed by atoms with Crippen LogP contribution in [0.1, 0.15) is 39.0 Å². The summed E-state index contributed by atoms with van der Waals surface area (Å²) in [6.45, 7) is 1.98. The van der Waals surface area contributed by atoms with Crippen molar-refractivity contribution in [3.8, 4) is 0 Å². The summed E-state index contributed by atoms with van der Waals surface area (Å²) in [5.74, 6) is -0.166. The molecule has 0 spiro atoms. The Labute approximate surface area is 148 Å². The fourth-order valence-corrected chi connectivity index (χ4v) is 2.99. The van der Waals surface area contributed by atoms with E-state index < -0.39 is 0 Å². The molecule has 1 aliphatic rings. The molecule has 5 nitrogen and oxygen atoms in total. The SMILES string of the molecule is C[C@H](C(=O)NC1CCCCC1)N(C)CC(=O)Nc1ccc(Cl)cc1. The Kier molecular flexibility index (Phi) is 7.06. The first-order valence-electron chi connectivity index (χ1n) is 8.51. The molecule has 0 bridgehead atoms. The number of likely N-dealkylation sites (N-methyl/N-ethyl adjacent to an activating group) is 1. The molecule has 2 rings (SSSR count). The molecule has 0 heterocycles. The number of hydrogen-bond donors (Lipinski definition) is 2.